The molecule has 0 saturated carbocycles. The quantitative estimate of drug-likeness (QED) is 0.653. The minimum atomic E-state index is -0.172. The third-order valence-corrected chi connectivity index (χ3v) is 4.85. The van der Waals surface area contributed by atoms with Gasteiger partial charge in [0.25, 0.3) is 5.91 Å². The Balaban J connectivity index is 1.57. The van der Waals surface area contributed by atoms with E-state index in [1.54, 1.807) is 4.68 Å². The number of aliphatic hydroxyl groups is 1. The van der Waals surface area contributed by atoms with Crippen LogP contribution in [0.4, 0.5) is 0 Å². The van der Waals surface area contributed by atoms with Gasteiger partial charge in [-0.2, -0.15) is 5.10 Å². The number of fused-ring (bicyclic) bond motifs is 2. The Bertz CT molecular complexity index is 943. The van der Waals surface area contributed by atoms with E-state index in [2.05, 4.69) is 33.9 Å². The Labute approximate surface area is 151 Å². The number of aliphatic hydroxyl groups excluding tert-OH is 1. The van der Waals surface area contributed by atoms with Crippen molar-refractivity contribution in [3.05, 3.63) is 65.0 Å². The van der Waals surface area contributed by atoms with Crippen molar-refractivity contribution < 1.29 is 9.90 Å². The Hall–Kier alpha value is -2.70. The largest absolute Gasteiger partial charge is 0.394 e. The maximum atomic E-state index is 12.8. The van der Waals surface area contributed by atoms with E-state index >= 15 is 0 Å². The maximum absolute atomic E-state index is 12.8. The molecule has 6 nitrogen and oxygen atoms in total. The molecule has 134 valence electrons. The summed E-state index contributed by atoms with van der Waals surface area (Å²) in [4.78, 5) is 12.8. The van der Waals surface area contributed by atoms with Crippen molar-refractivity contribution in [3.8, 4) is 0 Å². The third-order valence-electron chi connectivity index (χ3n) is 4.85. The van der Waals surface area contributed by atoms with E-state index in [9.17, 15) is 9.90 Å². The molecule has 0 spiro atoms. The van der Waals surface area contributed by atoms with E-state index in [1.807, 2.05) is 24.3 Å². The molecule has 0 atom stereocenters. The Kier molecular flexibility index (Phi) is 4.69. The first-order valence-corrected chi connectivity index (χ1v) is 8.93. The van der Waals surface area contributed by atoms with Gasteiger partial charge in [-0.25, -0.2) is 0 Å². The molecule has 0 bridgehead atoms. The van der Waals surface area contributed by atoms with Crippen LogP contribution in [-0.2, 0) is 26.1 Å². The molecule has 1 aliphatic heterocycles. The van der Waals surface area contributed by atoms with Gasteiger partial charge in [0, 0.05) is 37.3 Å². The van der Waals surface area contributed by atoms with Crippen LogP contribution < -0.4 is 10.6 Å². The number of nitrogens with zero attached hydrogens (tertiary/aromatic N) is 2. The van der Waals surface area contributed by atoms with E-state index in [1.165, 1.54) is 0 Å². The molecular weight excluding hydrogens is 328 g/mol. The summed E-state index contributed by atoms with van der Waals surface area (Å²) in [5, 5.41) is 22.3. The van der Waals surface area contributed by atoms with Crippen LogP contribution in [0.3, 0.4) is 0 Å². The number of aromatic nitrogens is 2. The molecule has 6 heteroatoms. The summed E-state index contributed by atoms with van der Waals surface area (Å²) >= 11 is 0. The van der Waals surface area contributed by atoms with Gasteiger partial charge in [0.05, 0.1) is 13.2 Å². The topological polar surface area (TPSA) is 79.2 Å². The van der Waals surface area contributed by atoms with Crippen LogP contribution in [0.2, 0.25) is 0 Å². The molecule has 1 aromatic heterocycles. The van der Waals surface area contributed by atoms with E-state index in [0.717, 1.165) is 40.6 Å². The first-order valence-electron chi connectivity index (χ1n) is 8.93. The van der Waals surface area contributed by atoms with Crippen molar-refractivity contribution in [3.63, 3.8) is 0 Å². The fraction of sp³-hybridized carbons (Fsp3) is 0.300. The predicted molar refractivity (Wildman–Crippen MR) is 99.8 cm³/mol. The highest BCUT2D eigenvalue weighted by Gasteiger charge is 2.24. The highest BCUT2D eigenvalue weighted by Crippen LogP contribution is 2.20. The van der Waals surface area contributed by atoms with Crippen LogP contribution in [-0.4, -0.2) is 33.9 Å². The van der Waals surface area contributed by atoms with Gasteiger partial charge in [-0.05, 0) is 16.3 Å². The molecule has 3 N–H and O–H groups in total. The van der Waals surface area contributed by atoms with Crippen LogP contribution in [0, 0.1) is 0 Å². The van der Waals surface area contributed by atoms with Gasteiger partial charge in [0.2, 0.25) is 0 Å². The van der Waals surface area contributed by atoms with Crippen molar-refractivity contribution in [1.29, 1.82) is 0 Å². The summed E-state index contributed by atoms with van der Waals surface area (Å²) < 4.78 is 1.77. The smallest absolute Gasteiger partial charge is 0.272 e. The minimum Gasteiger partial charge on any atom is -0.394 e. The normalized spacial score (nSPS) is 13.6. The Morgan fingerprint density at radius 2 is 2.08 bits per heavy atom. The molecule has 1 amide bonds. The maximum Gasteiger partial charge on any atom is 0.272 e. The Morgan fingerprint density at radius 1 is 1.23 bits per heavy atom. The van der Waals surface area contributed by atoms with Crippen LogP contribution in [0.25, 0.3) is 10.8 Å². The summed E-state index contributed by atoms with van der Waals surface area (Å²) in [6.45, 7) is 2.38. The third kappa shape index (κ3) is 3.09. The van der Waals surface area contributed by atoms with Crippen LogP contribution in [0.5, 0.6) is 0 Å². The SMILES string of the molecule is O=C(NCc1cccc2ccccc12)c1nn(CCO)c2c1CNCC2. The second-order valence-corrected chi connectivity index (χ2v) is 6.47. The van der Waals surface area contributed by atoms with Crippen molar-refractivity contribution >= 4 is 16.7 Å². The molecule has 0 radical (unpaired) electrons. The molecule has 0 unspecified atom stereocenters. The van der Waals surface area contributed by atoms with E-state index in [-0.39, 0.29) is 12.5 Å². The predicted octanol–water partition coefficient (Wildman–Crippen LogP) is 1.60. The lowest BCUT2D eigenvalue weighted by Crippen LogP contribution is -2.28. The average molecular weight is 350 g/mol. The van der Waals surface area contributed by atoms with Gasteiger partial charge in [-0.15, -0.1) is 0 Å². The van der Waals surface area contributed by atoms with Crippen molar-refractivity contribution in [2.45, 2.75) is 26.1 Å². The van der Waals surface area contributed by atoms with E-state index in [0.29, 0.717) is 25.3 Å². The van der Waals surface area contributed by atoms with Crippen molar-refractivity contribution in [1.82, 2.24) is 20.4 Å². The minimum absolute atomic E-state index is 0.0125. The van der Waals surface area contributed by atoms with Crippen molar-refractivity contribution in [2.75, 3.05) is 13.2 Å². The number of carbonyl (C=O) groups excluding carboxylic acids is 1. The first kappa shape index (κ1) is 16.8. The zero-order chi connectivity index (χ0) is 17.9. The van der Waals surface area contributed by atoms with Gasteiger partial charge in [-0.1, -0.05) is 42.5 Å². The lowest BCUT2D eigenvalue weighted by atomic mass is 10.0. The number of benzene rings is 2. The molecule has 0 saturated heterocycles. The zero-order valence-electron chi connectivity index (χ0n) is 14.5. The van der Waals surface area contributed by atoms with Gasteiger partial charge in [-0.3, -0.25) is 9.48 Å². The monoisotopic (exact) mass is 350 g/mol. The molecule has 0 aliphatic carbocycles. The van der Waals surface area contributed by atoms with E-state index < -0.39 is 0 Å². The highest BCUT2D eigenvalue weighted by atomic mass is 16.3. The summed E-state index contributed by atoms with van der Waals surface area (Å²) in [5.41, 5.74) is 3.53. The molecule has 1 aliphatic rings. The standard InChI is InChI=1S/C20H22N4O2/c25-11-10-24-18-8-9-21-13-17(18)19(23-24)20(26)22-12-15-6-3-5-14-4-1-2-7-16(14)15/h1-7,21,25H,8-13H2,(H,22,26). The lowest BCUT2D eigenvalue weighted by Gasteiger charge is -2.15. The van der Waals surface area contributed by atoms with Gasteiger partial charge in [0.1, 0.15) is 0 Å². The molecule has 26 heavy (non-hydrogen) atoms. The fourth-order valence-corrected chi connectivity index (χ4v) is 3.59. The van der Waals surface area contributed by atoms with Crippen molar-refractivity contribution in [2.24, 2.45) is 0 Å². The molecule has 2 heterocycles. The average Bonchev–Trinajstić information content (AvgIpc) is 3.05. The van der Waals surface area contributed by atoms with Gasteiger partial charge < -0.3 is 15.7 Å². The second-order valence-electron chi connectivity index (χ2n) is 6.47. The Morgan fingerprint density at radius 3 is 2.96 bits per heavy atom. The number of carbonyl (C=O) groups is 1. The molecule has 0 fully saturated rings. The first-order chi connectivity index (χ1) is 12.8. The zero-order valence-corrected chi connectivity index (χ0v) is 14.5. The van der Waals surface area contributed by atoms with Gasteiger partial charge >= 0.3 is 0 Å². The second kappa shape index (κ2) is 7.27. The number of amides is 1. The molecule has 4 rings (SSSR count). The van der Waals surface area contributed by atoms with E-state index in [4.69, 9.17) is 0 Å². The van der Waals surface area contributed by atoms with Crippen LogP contribution in [0.1, 0.15) is 27.3 Å². The molecule has 3 aromatic rings. The number of rotatable bonds is 5. The summed E-state index contributed by atoms with van der Waals surface area (Å²) in [6.07, 6.45) is 0.818. The molecule has 2 aromatic carbocycles. The highest BCUT2D eigenvalue weighted by molar-refractivity contribution is 5.94. The fourth-order valence-electron chi connectivity index (χ4n) is 3.59. The number of hydrogen-bond donors (Lipinski definition) is 3. The summed E-state index contributed by atoms with van der Waals surface area (Å²) in [5.74, 6) is -0.172. The summed E-state index contributed by atoms with van der Waals surface area (Å²) in [7, 11) is 0. The number of nitrogens with one attached hydrogen (secondary N) is 2. The summed E-state index contributed by atoms with van der Waals surface area (Å²) in [6, 6.07) is 14.3. The van der Waals surface area contributed by atoms with Crippen LogP contribution >= 0.6 is 0 Å². The lowest BCUT2D eigenvalue weighted by molar-refractivity contribution is 0.0943. The van der Waals surface area contributed by atoms with Gasteiger partial charge in [0.15, 0.2) is 5.69 Å². The number of hydrogen-bond acceptors (Lipinski definition) is 4. The molecular formula is C20H22N4O2. The van der Waals surface area contributed by atoms with Crippen LogP contribution in [0.15, 0.2) is 42.5 Å².